The van der Waals surface area contributed by atoms with Gasteiger partial charge in [0.1, 0.15) is 0 Å². The number of halogens is 3. The number of carbonyl (C=O) groups excluding carboxylic acids is 2. The Bertz CT molecular complexity index is 647. The summed E-state index contributed by atoms with van der Waals surface area (Å²) in [5.41, 5.74) is 2.62. The molecule has 0 radical (unpaired) electrons. The molecule has 1 heterocycles. The second kappa shape index (κ2) is 7.86. The normalized spacial score (nSPS) is 18.7. The van der Waals surface area contributed by atoms with Gasteiger partial charge in [-0.1, -0.05) is 6.07 Å². The lowest BCUT2D eigenvalue weighted by Crippen LogP contribution is -2.47. The molecule has 1 aliphatic heterocycles. The van der Waals surface area contributed by atoms with Crippen LogP contribution in [0.4, 0.5) is 23.7 Å². The molecule has 1 fully saturated rings. The summed E-state index contributed by atoms with van der Waals surface area (Å²) in [5.74, 6) is -2.04. The van der Waals surface area contributed by atoms with Gasteiger partial charge in [-0.2, -0.15) is 13.2 Å². The van der Waals surface area contributed by atoms with E-state index in [1.165, 1.54) is 4.90 Å². The molecule has 0 saturated carbocycles. The largest absolute Gasteiger partial charge is 0.393 e. The number of nitrogens with zero attached hydrogens (tertiary/aromatic N) is 1. The van der Waals surface area contributed by atoms with E-state index in [9.17, 15) is 22.8 Å². The Morgan fingerprint density at radius 1 is 1.24 bits per heavy atom. The van der Waals surface area contributed by atoms with Crippen molar-refractivity contribution in [2.24, 2.45) is 5.92 Å². The third-order valence-electron chi connectivity index (χ3n) is 4.35. The van der Waals surface area contributed by atoms with Gasteiger partial charge in [-0.25, -0.2) is 4.79 Å². The van der Waals surface area contributed by atoms with E-state index in [0.29, 0.717) is 18.7 Å². The summed E-state index contributed by atoms with van der Waals surface area (Å²) in [7, 11) is 0. The molecule has 0 unspecified atom stereocenters. The van der Waals surface area contributed by atoms with Crippen LogP contribution < -0.4 is 10.6 Å². The molecular weight excluding hydrogens is 335 g/mol. The average Bonchev–Trinajstić information content (AvgIpc) is 2.50. The standard InChI is InChI=1S/C17H22F3N3O2/c1-11-5-6-14(8-12(11)2)21-16(25)22-15(24)10-23-7-3-4-13(9-23)17(18,19)20/h5-6,8,13H,3-4,7,9-10H2,1-2H3,(H2,21,22,24,25)/t13-/m1/s1. The van der Waals surface area contributed by atoms with Gasteiger partial charge < -0.3 is 5.32 Å². The lowest BCUT2D eigenvalue weighted by atomic mass is 9.97. The van der Waals surface area contributed by atoms with Crippen molar-refractivity contribution in [1.29, 1.82) is 0 Å². The summed E-state index contributed by atoms with van der Waals surface area (Å²) < 4.78 is 38.3. The van der Waals surface area contributed by atoms with Crippen LogP contribution in [0, 0.1) is 19.8 Å². The molecule has 0 bridgehead atoms. The minimum absolute atomic E-state index is 0.0783. The first-order valence-electron chi connectivity index (χ1n) is 8.12. The third-order valence-corrected chi connectivity index (χ3v) is 4.35. The number of alkyl halides is 3. The van der Waals surface area contributed by atoms with Crippen LogP contribution in [0.3, 0.4) is 0 Å². The Kier molecular flexibility index (Phi) is 6.05. The summed E-state index contributed by atoms with van der Waals surface area (Å²) >= 11 is 0. The Balaban J connectivity index is 1.83. The molecule has 25 heavy (non-hydrogen) atoms. The average molecular weight is 357 g/mol. The van der Waals surface area contributed by atoms with Crippen LogP contribution in [0.25, 0.3) is 0 Å². The highest BCUT2D eigenvalue weighted by molar-refractivity contribution is 6.01. The number of hydrogen-bond donors (Lipinski definition) is 2. The Morgan fingerprint density at radius 2 is 1.96 bits per heavy atom. The Hall–Kier alpha value is -2.09. The molecule has 0 spiro atoms. The first kappa shape index (κ1) is 19.2. The van der Waals surface area contributed by atoms with Crippen molar-refractivity contribution >= 4 is 17.6 Å². The fraction of sp³-hybridized carbons (Fsp3) is 0.529. The number of amides is 3. The minimum Gasteiger partial charge on any atom is -0.308 e. The lowest BCUT2D eigenvalue weighted by Gasteiger charge is -2.33. The molecule has 1 aromatic rings. The number of piperidine rings is 1. The monoisotopic (exact) mass is 357 g/mol. The molecule has 1 saturated heterocycles. The fourth-order valence-electron chi connectivity index (χ4n) is 2.82. The molecule has 2 rings (SSSR count). The second-order valence-electron chi connectivity index (χ2n) is 6.42. The van der Waals surface area contributed by atoms with E-state index in [2.05, 4.69) is 10.6 Å². The number of carbonyl (C=O) groups is 2. The number of benzene rings is 1. The Labute approximate surface area is 144 Å². The fourth-order valence-corrected chi connectivity index (χ4v) is 2.82. The van der Waals surface area contributed by atoms with Crippen LogP contribution in [-0.4, -0.2) is 42.6 Å². The van der Waals surface area contributed by atoms with Crippen LogP contribution in [0.2, 0.25) is 0 Å². The topological polar surface area (TPSA) is 61.4 Å². The van der Waals surface area contributed by atoms with E-state index in [1.54, 1.807) is 12.1 Å². The highest BCUT2D eigenvalue weighted by Gasteiger charge is 2.41. The number of hydrogen-bond acceptors (Lipinski definition) is 3. The van der Waals surface area contributed by atoms with Crippen molar-refractivity contribution in [2.75, 3.05) is 25.0 Å². The van der Waals surface area contributed by atoms with Crippen LogP contribution in [-0.2, 0) is 4.79 Å². The van der Waals surface area contributed by atoms with Crippen molar-refractivity contribution in [3.8, 4) is 0 Å². The SMILES string of the molecule is Cc1ccc(NC(=O)NC(=O)CN2CCC[C@@H](C(F)(F)F)C2)cc1C. The van der Waals surface area contributed by atoms with Gasteiger partial charge in [0.05, 0.1) is 12.5 Å². The molecule has 0 aromatic heterocycles. The summed E-state index contributed by atoms with van der Waals surface area (Å²) in [5, 5.41) is 4.69. The van der Waals surface area contributed by atoms with Crippen LogP contribution in [0.5, 0.6) is 0 Å². The van der Waals surface area contributed by atoms with E-state index in [-0.39, 0.29) is 19.5 Å². The Morgan fingerprint density at radius 3 is 2.60 bits per heavy atom. The van der Waals surface area contributed by atoms with Crippen molar-refractivity contribution in [1.82, 2.24) is 10.2 Å². The molecular formula is C17H22F3N3O2. The summed E-state index contributed by atoms with van der Waals surface area (Å²) in [4.78, 5) is 25.2. The van der Waals surface area contributed by atoms with Crippen molar-refractivity contribution in [3.63, 3.8) is 0 Å². The maximum atomic E-state index is 12.8. The second-order valence-corrected chi connectivity index (χ2v) is 6.42. The molecule has 5 nitrogen and oxygen atoms in total. The number of imide groups is 1. The number of urea groups is 1. The highest BCUT2D eigenvalue weighted by Crippen LogP contribution is 2.32. The molecule has 2 N–H and O–H groups in total. The van der Waals surface area contributed by atoms with E-state index >= 15 is 0 Å². The van der Waals surface area contributed by atoms with Crippen LogP contribution in [0.1, 0.15) is 24.0 Å². The lowest BCUT2D eigenvalue weighted by molar-refractivity contribution is -0.187. The van der Waals surface area contributed by atoms with Gasteiger partial charge in [0.2, 0.25) is 5.91 Å². The number of nitrogens with one attached hydrogen (secondary N) is 2. The van der Waals surface area contributed by atoms with Gasteiger partial charge in [0.15, 0.2) is 0 Å². The maximum absolute atomic E-state index is 12.8. The van der Waals surface area contributed by atoms with E-state index in [4.69, 9.17) is 0 Å². The van der Waals surface area contributed by atoms with Gasteiger partial charge in [0.25, 0.3) is 0 Å². The smallest absolute Gasteiger partial charge is 0.308 e. The minimum atomic E-state index is -4.25. The van der Waals surface area contributed by atoms with Crippen molar-refractivity contribution < 1.29 is 22.8 Å². The zero-order valence-corrected chi connectivity index (χ0v) is 14.2. The molecule has 3 amide bonds. The zero-order chi connectivity index (χ0) is 18.6. The van der Waals surface area contributed by atoms with E-state index < -0.39 is 24.0 Å². The summed E-state index contributed by atoms with van der Waals surface area (Å²) in [6.07, 6.45) is -3.79. The molecule has 1 aliphatic rings. The maximum Gasteiger partial charge on any atom is 0.393 e. The number of aryl methyl sites for hydroxylation is 2. The van der Waals surface area contributed by atoms with E-state index in [0.717, 1.165) is 11.1 Å². The zero-order valence-electron chi connectivity index (χ0n) is 14.2. The van der Waals surface area contributed by atoms with Gasteiger partial charge in [0, 0.05) is 12.2 Å². The van der Waals surface area contributed by atoms with Gasteiger partial charge >= 0.3 is 12.2 Å². The molecule has 8 heteroatoms. The van der Waals surface area contributed by atoms with Crippen LogP contribution in [0.15, 0.2) is 18.2 Å². The van der Waals surface area contributed by atoms with Crippen LogP contribution >= 0.6 is 0 Å². The van der Waals surface area contributed by atoms with Crippen molar-refractivity contribution in [2.45, 2.75) is 32.9 Å². The summed E-state index contributed by atoms with van der Waals surface area (Å²) in [6.45, 7) is 3.81. The van der Waals surface area contributed by atoms with E-state index in [1.807, 2.05) is 19.9 Å². The first-order chi connectivity index (χ1) is 11.6. The molecule has 138 valence electrons. The first-order valence-corrected chi connectivity index (χ1v) is 8.12. The highest BCUT2D eigenvalue weighted by atomic mass is 19.4. The van der Waals surface area contributed by atoms with Gasteiger partial charge in [-0.15, -0.1) is 0 Å². The number of likely N-dealkylation sites (tertiary alicyclic amines) is 1. The molecule has 0 aliphatic carbocycles. The van der Waals surface area contributed by atoms with Gasteiger partial charge in [-0.05, 0) is 56.5 Å². The molecule has 1 atom stereocenters. The molecule has 1 aromatic carbocycles. The third kappa shape index (κ3) is 5.74. The number of anilines is 1. The predicted molar refractivity (Wildman–Crippen MR) is 88.3 cm³/mol. The number of rotatable bonds is 3. The quantitative estimate of drug-likeness (QED) is 0.873. The summed E-state index contributed by atoms with van der Waals surface area (Å²) in [6, 6.07) is 4.64. The predicted octanol–water partition coefficient (Wildman–Crippen LogP) is 3.23. The van der Waals surface area contributed by atoms with Crippen molar-refractivity contribution in [3.05, 3.63) is 29.3 Å². The van der Waals surface area contributed by atoms with Gasteiger partial charge in [-0.3, -0.25) is 15.0 Å².